The largest absolute Gasteiger partial charge is 0.370 e. The van der Waals surface area contributed by atoms with Crippen molar-refractivity contribution in [3.63, 3.8) is 0 Å². The molecule has 1 aliphatic rings. The maximum Gasteiger partial charge on any atom is 0.0426 e. The summed E-state index contributed by atoms with van der Waals surface area (Å²) in [6.07, 6.45) is 1.19. The van der Waals surface area contributed by atoms with Crippen LogP contribution >= 0.6 is 0 Å². The molecule has 0 spiro atoms. The molecule has 87 valence electrons. The Balaban J connectivity index is 2.31. The maximum absolute atomic E-state index is 4.48. The third kappa shape index (κ3) is 2.38. The van der Waals surface area contributed by atoms with E-state index in [2.05, 4.69) is 43.1 Å². The molecule has 1 fully saturated rings. The number of aryl methyl sites for hydroxylation is 3. The molecule has 1 radical (unpaired) electrons. The fourth-order valence-corrected chi connectivity index (χ4v) is 2.68. The van der Waals surface area contributed by atoms with Crippen LogP contribution in [-0.2, 0) is 0 Å². The summed E-state index contributed by atoms with van der Waals surface area (Å²) in [5, 5.41) is 4.48. The highest BCUT2D eigenvalue weighted by Crippen LogP contribution is 2.26. The molecule has 0 saturated carbocycles. The summed E-state index contributed by atoms with van der Waals surface area (Å²) >= 11 is 0. The first-order chi connectivity index (χ1) is 7.68. The quantitative estimate of drug-likeness (QED) is 0.706. The van der Waals surface area contributed by atoms with Crippen molar-refractivity contribution in [3.05, 3.63) is 28.8 Å². The minimum Gasteiger partial charge on any atom is -0.370 e. The van der Waals surface area contributed by atoms with Gasteiger partial charge in [-0.25, -0.2) is 5.32 Å². The molecule has 2 heteroatoms. The Morgan fingerprint density at radius 1 is 1.00 bits per heavy atom. The molecule has 0 atom stereocenters. The van der Waals surface area contributed by atoms with Gasteiger partial charge in [0.1, 0.15) is 0 Å². The SMILES string of the molecule is Cc1cc(C)c(N2CCC[N]CC2)c(C)c1. The van der Waals surface area contributed by atoms with E-state index in [1.165, 1.54) is 28.8 Å². The van der Waals surface area contributed by atoms with E-state index in [0.717, 1.165) is 26.2 Å². The zero-order chi connectivity index (χ0) is 11.5. The van der Waals surface area contributed by atoms with E-state index < -0.39 is 0 Å². The van der Waals surface area contributed by atoms with Crippen molar-refractivity contribution in [2.45, 2.75) is 27.2 Å². The van der Waals surface area contributed by atoms with Crippen molar-refractivity contribution in [2.24, 2.45) is 0 Å². The van der Waals surface area contributed by atoms with Crippen LogP contribution in [-0.4, -0.2) is 26.2 Å². The van der Waals surface area contributed by atoms with E-state index in [4.69, 9.17) is 0 Å². The van der Waals surface area contributed by atoms with Crippen LogP contribution < -0.4 is 10.2 Å². The molecular formula is C14H21N2. The molecule has 1 aromatic carbocycles. The minimum atomic E-state index is 0.979. The summed E-state index contributed by atoms with van der Waals surface area (Å²) in [5.41, 5.74) is 5.60. The number of rotatable bonds is 1. The summed E-state index contributed by atoms with van der Waals surface area (Å²) in [6, 6.07) is 4.56. The van der Waals surface area contributed by atoms with Gasteiger partial charge in [0.2, 0.25) is 0 Å². The standard InChI is InChI=1S/C14H21N2/c1-11-9-12(2)14(13(3)10-11)16-7-4-5-15-6-8-16/h9-10H,4-8H2,1-3H3. The Hall–Kier alpha value is -1.02. The van der Waals surface area contributed by atoms with Crippen molar-refractivity contribution < 1.29 is 0 Å². The minimum absolute atomic E-state index is 0.979. The molecule has 1 aliphatic heterocycles. The van der Waals surface area contributed by atoms with Crippen molar-refractivity contribution >= 4 is 5.69 Å². The monoisotopic (exact) mass is 217 g/mol. The third-order valence-corrected chi connectivity index (χ3v) is 3.22. The molecular weight excluding hydrogens is 196 g/mol. The summed E-state index contributed by atoms with van der Waals surface area (Å²) in [5.74, 6) is 0. The predicted molar refractivity (Wildman–Crippen MR) is 69.4 cm³/mol. The molecule has 0 N–H and O–H groups in total. The fourth-order valence-electron chi connectivity index (χ4n) is 2.68. The second-order valence-electron chi connectivity index (χ2n) is 4.76. The van der Waals surface area contributed by atoms with Crippen LogP contribution in [0, 0.1) is 20.8 Å². The summed E-state index contributed by atoms with van der Waals surface area (Å²) in [6.45, 7) is 10.8. The van der Waals surface area contributed by atoms with Gasteiger partial charge < -0.3 is 4.90 Å². The molecule has 0 unspecified atom stereocenters. The molecule has 0 aromatic heterocycles. The van der Waals surface area contributed by atoms with Crippen LogP contribution in [0.25, 0.3) is 0 Å². The van der Waals surface area contributed by atoms with Gasteiger partial charge in [0, 0.05) is 31.9 Å². The first-order valence-corrected chi connectivity index (χ1v) is 6.14. The van der Waals surface area contributed by atoms with Gasteiger partial charge in [-0.05, 0) is 38.3 Å². The lowest BCUT2D eigenvalue weighted by atomic mass is 10.0. The van der Waals surface area contributed by atoms with Gasteiger partial charge in [-0.1, -0.05) is 17.7 Å². The summed E-state index contributed by atoms with van der Waals surface area (Å²) in [7, 11) is 0. The average Bonchev–Trinajstić information content (AvgIpc) is 2.44. The van der Waals surface area contributed by atoms with Crippen LogP contribution in [0.15, 0.2) is 12.1 Å². The van der Waals surface area contributed by atoms with Crippen LogP contribution in [0.4, 0.5) is 5.69 Å². The highest BCUT2D eigenvalue weighted by molar-refractivity contribution is 5.60. The molecule has 16 heavy (non-hydrogen) atoms. The summed E-state index contributed by atoms with van der Waals surface area (Å²) in [4.78, 5) is 2.50. The molecule has 2 rings (SSSR count). The zero-order valence-electron chi connectivity index (χ0n) is 10.6. The van der Waals surface area contributed by atoms with Crippen LogP contribution in [0.1, 0.15) is 23.1 Å². The van der Waals surface area contributed by atoms with Gasteiger partial charge in [-0.15, -0.1) is 0 Å². The van der Waals surface area contributed by atoms with Crippen LogP contribution in [0.2, 0.25) is 0 Å². The van der Waals surface area contributed by atoms with Gasteiger partial charge >= 0.3 is 0 Å². The van der Waals surface area contributed by atoms with Gasteiger partial charge in [0.05, 0.1) is 0 Å². The van der Waals surface area contributed by atoms with Gasteiger partial charge in [0.25, 0.3) is 0 Å². The Kier molecular flexibility index (Phi) is 3.49. The Bertz CT molecular complexity index is 340. The number of hydrogen-bond acceptors (Lipinski definition) is 1. The van der Waals surface area contributed by atoms with Crippen molar-refractivity contribution in [2.75, 3.05) is 31.1 Å². The van der Waals surface area contributed by atoms with E-state index in [1.807, 2.05) is 0 Å². The molecule has 0 bridgehead atoms. The molecule has 1 saturated heterocycles. The predicted octanol–water partition coefficient (Wildman–Crippen LogP) is 2.43. The second-order valence-corrected chi connectivity index (χ2v) is 4.76. The molecule has 0 aliphatic carbocycles. The number of nitrogens with zero attached hydrogens (tertiary/aromatic N) is 2. The molecule has 1 aromatic rings. The Morgan fingerprint density at radius 2 is 1.69 bits per heavy atom. The lowest BCUT2D eigenvalue weighted by Gasteiger charge is -2.26. The third-order valence-electron chi connectivity index (χ3n) is 3.22. The second kappa shape index (κ2) is 4.88. The molecule has 0 amide bonds. The number of hydrogen-bond donors (Lipinski definition) is 0. The average molecular weight is 217 g/mol. The van der Waals surface area contributed by atoms with Gasteiger partial charge in [-0.3, -0.25) is 0 Å². The maximum atomic E-state index is 4.48. The van der Waals surface area contributed by atoms with Crippen molar-refractivity contribution in [1.82, 2.24) is 5.32 Å². The molecule has 2 nitrogen and oxygen atoms in total. The lowest BCUT2D eigenvalue weighted by molar-refractivity contribution is 0.709. The first-order valence-electron chi connectivity index (χ1n) is 6.14. The topological polar surface area (TPSA) is 17.3 Å². The fraction of sp³-hybridized carbons (Fsp3) is 0.571. The Morgan fingerprint density at radius 3 is 2.38 bits per heavy atom. The van der Waals surface area contributed by atoms with E-state index in [9.17, 15) is 0 Å². The van der Waals surface area contributed by atoms with E-state index in [1.54, 1.807) is 0 Å². The van der Waals surface area contributed by atoms with Crippen molar-refractivity contribution in [1.29, 1.82) is 0 Å². The van der Waals surface area contributed by atoms with Crippen LogP contribution in [0.5, 0.6) is 0 Å². The highest BCUT2D eigenvalue weighted by atomic mass is 15.2. The number of anilines is 1. The van der Waals surface area contributed by atoms with E-state index >= 15 is 0 Å². The Labute approximate surface area is 98.7 Å². The highest BCUT2D eigenvalue weighted by Gasteiger charge is 2.14. The van der Waals surface area contributed by atoms with E-state index in [-0.39, 0.29) is 0 Å². The normalized spacial score (nSPS) is 17.3. The van der Waals surface area contributed by atoms with Gasteiger partial charge in [-0.2, -0.15) is 0 Å². The van der Waals surface area contributed by atoms with E-state index in [0.29, 0.717) is 0 Å². The number of benzene rings is 1. The van der Waals surface area contributed by atoms with Crippen LogP contribution in [0.3, 0.4) is 0 Å². The zero-order valence-corrected chi connectivity index (χ0v) is 10.6. The lowest BCUT2D eigenvalue weighted by Crippen LogP contribution is -2.28. The molecule has 1 heterocycles. The smallest absolute Gasteiger partial charge is 0.0426 e. The summed E-state index contributed by atoms with van der Waals surface area (Å²) < 4.78 is 0. The van der Waals surface area contributed by atoms with Crippen molar-refractivity contribution in [3.8, 4) is 0 Å². The first kappa shape index (κ1) is 11.5. The van der Waals surface area contributed by atoms with Gasteiger partial charge in [0.15, 0.2) is 0 Å².